The van der Waals surface area contributed by atoms with Crippen molar-refractivity contribution in [2.75, 3.05) is 24.6 Å². The number of nitrogens with zero attached hydrogens (tertiary/aromatic N) is 2. The number of carbonyl (C=O) groups excluding carboxylic acids is 7. The van der Waals surface area contributed by atoms with Gasteiger partial charge in [-0.3, -0.25) is 43.5 Å². The van der Waals surface area contributed by atoms with E-state index in [9.17, 15) is 43.5 Å². The molecule has 7 atom stereocenters. The Hall–Kier alpha value is -7.02. The van der Waals surface area contributed by atoms with Crippen molar-refractivity contribution in [3.63, 3.8) is 0 Å². The molecule has 2 heterocycles. The van der Waals surface area contributed by atoms with Crippen LogP contribution in [0.25, 0.3) is 10.9 Å². The van der Waals surface area contributed by atoms with Gasteiger partial charge in [-0.05, 0) is 56.2 Å². The fourth-order valence-electron chi connectivity index (χ4n) is 7.13. The second-order valence-corrected chi connectivity index (χ2v) is 18.8. The quantitative estimate of drug-likeness (QED) is 0.0332. The Bertz CT molecular complexity index is 2320. The summed E-state index contributed by atoms with van der Waals surface area (Å²) < 4.78 is 0. The molecule has 1 saturated heterocycles. The molecule has 2 aromatic carbocycles. The van der Waals surface area contributed by atoms with Crippen LogP contribution < -0.4 is 60.2 Å². The highest BCUT2D eigenvalue weighted by Gasteiger charge is 2.34. The number of aliphatic imine (C=N–C) groups is 2. The van der Waals surface area contributed by atoms with Gasteiger partial charge in [-0.15, -0.1) is 0 Å². The van der Waals surface area contributed by atoms with E-state index in [1.807, 2.05) is 18.2 Å². The van der Waals surface area contributed by atoms with Crippen LogP contribution in [0.5, 0.6) is 0 Å². The van der Waals surface area contributed by atoms with Crippen molar-refractivity contribution in [1.82, 2.24) is 42.2 Å². The number of nitrogens with two attached hydrogens (primary N) is 4. The van der Waals surface area contributed by atoms with E-state index in [1.165, 1.54) is 13.8 Å². The number of benzene rings is 2. The first-order valence-corrected chi connectivity index (χ1v) is 24.7. The van der Waals surface area contributed by atoms with Gasteiger partial charge in [0.1, 0.15) is 42.3 Å². The Morgan fingerprint density at radius 1 is 0.754 bits per heavy atom. The van der Waals surface area contributed by atoms with Gasteiger partial charge in [-0.1, -0.05) is 70.1 Å². The molecular formula is C44H62N14O9S2. The average Bonchev–Trinajstić information content (AvgIpc) is 3.71. The Labute approximate surface area is 406 Å². The number of aromatic amines is 1. The molecule has 4 rings (SSSR count). The lowest BCUT2D eigenvalue weighted by molar-refractivity contribution is -0.141. The summed E-state index contributed by atoms with van der Waals surface area (Å²) in [5.41, 5.74) is 23.9. The lowest BCUT2D eigenvalue weighted by Gasteiger charge is -2.27. The zero-order valence-corrected chi connectivity index (χ0v) is 40.0. The summed E-state index contributed by atoms with van der Waals surface area (Å²) in [6.07, 6.45) is 2.07. The third-order valence-electron chi connectivity index (χ3n) is 10.7. The molecule has 1 aliphatic rings. The zero-order chi connectivity index (χ0) is 50.5. The van der Waals surface area contributed by atoms with E-state index in [0.29, 0.717) is 17.5 Å². The summed E-state index contributed by atoms with van der Waals surface area (Å²) >= 11 is 0. The predicted molar refractivity (Wildman–Crippen MR) is 264 cm³/mol. The van der Waals surface area contributed by atoms with Gasteiger partial charge >= 0.3 is 5.97 Å². The summed E-state index contributed by atoms with van der Waals surface area (Å²) in [4.78, 5) is 120. The Morgan fingerprint density at radius 3 is 2.04 bits per heavy atom. The monoisotopic (exact) mass is 994 g/mol. The smallest absolute Gasteiger partial charge is 0.327 e. The molecule has 17 N–H and O–H groups in total. The minimum Gasteiger partial charge on any atom is -0.480 e. The van der Waals surface area contributed by atoms with Gasteiger partial charge in [0.05, 0.1) is 0 Å². The van der Waals surface area contributed by atoms with Crippen molar-refractivity contribution in [2.24, 2.45) is 32.9 Å². The zero-order valence-electron chi connectivity index (χ0n) is 38.3. The number of guanidine groups is 2. The van der Waals surface area contributed by atoms with Crippen molar-refractivity contribution in [2.45, 2.75) is 101 Å². The SMILES string of the molecule is CC(=O)N[C@@H](CCCN=C(N)N)C(=O)N[C@H]1CCSSC[C@@H](C(=O)O)NC(=O)[C@H](Cc2c[nH]c3ccccc23)NC(=O)[C@H](CCCN=C(N)N)NC(=O)[C@@H](Cc2ccccc2)NC(=O)[C@H](C)NC1=O. The number of hydrogen-bond donors (Lipinski definition) is 13. The molecular weight excluding hydrogens is 933 g/mol. The number of aromatic nitrogens is 1. The number of H-pyrrole nitrogens is 1. The molecule has 0 unspecified atom stereocenters. The van der Waals surface area contributed by atoms with E-state index in [4.69, 9.17) is 22.9 Å². The number of carboxylic acids is 1. The summed E-state index contributed by atoms with van der Waals surface area (Å²) in [7, 11) is 2.23. The van der Waals surface area contributed by atoms with E-state index < -0.39 is 89.6 Å². The maximum Gasteiger partial charge on any atom is 0.327 e. The lowest BCUT2D eigenvalue weighted by atomic mass is 10.0. The highest BCUT2D eigenvalue weighted by atomic mass is 33.1. The van der Waals surface area contributed by atoms with Gasteiger partial charge < -0.3 is 70.2 Å². The van der Waals surface area contributed by atoms with E-state index in [2.05, 4.69) is 52.2 Å². The molecule has 69 heavy (non-hydrogen) atoms. The number of hydrogen-bond acceptors (Lipinski definition) is 12. The van der Waals surface area contributed by atoms with E-state index in [1.54, 1.807) is 42.6 Å². The number of nitrogens with one attached hydrogen (secondary N) is 8. The normalized spacial score (nSPS) is 21.6. The second-order valence-electron chi connectivity index (χ2n) is 16.2. The highest BCUT2D eigenvalue weighted by Crippen LogP contribution is 2.24. The van der Waals surface area contributed by atoms with Gasteiger partial charge in [0.25, 0.3) is 0 Å². The third kappa shape index (κ3) is 18.5. The highest BCUT2D eigenvalue weighted by molar-refractivity contribution is 8.76. The van der Waals surface area contributed by atoms with E-state index in [0.717, 1.165) is 32.5 Å². The number of carbonyl (C=O) groups is 8. The fraction of sp³-hybridized carbons (Fsp3) is 0.455. The third-order valence-corrected chi connectivity index (χ3v) is 13.1. The molecule has 7 amide bonds. The summed E-state index contributed by atoms with van der Waals surface area (Å²) in [6, 6.07) is 6.94. The molecule has 0 aliphatic carbocycles. The second kappa shape index (κ2) is 27.7. The predicted octanol–water partition coefficient (Wildman–Crippen LogP) is -1.64. The number of carboxylic acid groups (broad SMARTS) is 1. The average molecular weight is 995 g/mol. The molecule has 23 nitrogen and oxygen atoms in total. The van der Waals surface area contributed by atoms with Crippen LogP contribution in [0.3, 0.4) is 0 Å². The largest absolute Gasteiger partial charge is 0.480 e. The molecule has 0 saturated carbocycles. The van der Waals surface area contributed by atoms with E-state index in [-0.39, 0.29) is 75.0 Å². The van der Waals surface area contributed by atoms with Crippen molar-refractivity contribution in [3.8, 4) is 0 Å². The van der Waals surface area contributed by atoms with Crippen molar-refractivity contribution < 1.29 is 43.5 Å². The molecule has 0 spiro atoms. The van der Waals surface area contributed by atoms with Crippen LogP contribution >= 0.6 is 21.6 Å². The van der Waals surface area contributed by atoms with Crippen LogP contribution in [0, 0.1) is 0 Å². The van der Waals surface area contributed by atoms with Gasteiger partial charge in [0, 0.05) is 61.5 Å². The molecule has 25 heteroatoms. The Kier molecular flexibility index (Phi) is 21.9. The molecule has 0 bridgehead atoms. The Balaban J connectivity index is 1.71. The molecule has 1 aromatic heterocycles. The minimum absolute atomic E-state index is 0.0309. The molecule has 0 radical (unpaired) electrons. The van der Waals surface area contributed by atoms with Crippen LogP contribution in [-0.2, 0) is 51.2 Å². The first kappa shape index (κ1) is 54.6. The van der Waals surface area contributed by atoms with Gasteiger partial charge in [0.15, 0.2) is 11.9 Å². The summed E-state index contributed by atoms with van der Waals surface area (Å²) in [5.74, 6) is -6.88. The topological polar surface area (TPSA) is 386 Å². The number of fused-ring (bicyclic) bond motifs is 1. The number of aliphatic carboxylic acids is 1. The molecule has 374 valence electrons. The van der Waals surface area contributed by atoms with Gasteiger partial charge in [-0.2, -0.15) is 0 Å². The Morgan fingerprint density at radius 2 is 1.36 bits per heavy atom. The van der Waals surface area contributed by atoms with Crippen LogP contribution in [0.2, 0.25) is 0 Å². The van der Waals surface area contributed by atoms with Crippen LogP contribution in [0.4, 0.5) is 0 Å². The standard InChI is InChI=1S/C44H62N14O9S2/c1-24-36(60)56-33(20-26-10-4-3-5-11-26)40(64)54-31(15-9-18-50-44(47)48)39(63)57-34(21-27-22-51-29-13-7-6-12-28(27)29)41(65)58-35(42(66)67)23-69-68-19-16-32(37(61)52-24)55-38(62)30(53-25(2)59)14-8-17-49-43(45)46/h3-7,10-13,22,24,30-35,51H,8-9,14-21,23H2,1-2H3,(H,52,61)(H,53,59)(H,54,64)(H,55,62)(H,56,60)(H,57,63)(H,58,65)(H,66,67)(H4,45,46,49)(H4,47,48,50)/t24-,30-,31-,32-,33+,34-,35-/m0/s1. The minimum atomic E-state index is -1.45. The molecule has 3 aromatic rings. The van der Waals surface area contributed by atoms with Crippen molar-refractivity contribution in [3.05, 3.63) is 71.9 Å². The van der Waals surface area contributed by atoms with Crippen molar-refractivity contribution in [1.29, 1.82) is 0 Å². The first-order valence-electron chi connectivity index (χ1n) is 22.2. The van der Waals surface area contributed by atoms with Crippen LogP contribution in [0.1, 0.15) is 57.1 Å². The van der Waals surface area contributed by atoms with E-state index >= 15 is 0 Å². The number of amides is 7. The van der Waals surface area contributed by atoms with Crippen LogP contribution in [-0.4, -0.2) is 136 Å². The molecule has 1 aliphatic heterocycles. The van der Waals surface area contributed by atoms with Crippen molar-refractivity contribution >= 4 is 91.7 Å². The first-order chi connectivity index (χ1) is 32.9. The number of rotatable bonds is 16. The summed E-state index contributed by atoms with van der Waals surface area (Å²) in [5, 5.41) is 29.6. The summed E-state index contributed by atoms with van der Waals surface area (Å²) in [6.45, 7) is 2.85. The van der Waals surface area contributed by atoms with Crippen LogP contribution in [0.15, 0.2) is 70.8 Å². The fourth-order valence-corrected chi connectivity index (χ4v) is 9.38. The maximum absolute atomic E-state index is 14.4. The lowest BCUT2D eigenvalue weighted by Crippen LogP contribution is -2.60. The molecule has 1 fully saturated rings. The number of para-hydroxylation sites is 1. The maximum atomic E-state index is 14.4. The van der Waals surface area contributed by atoms with Gasteiger partial charge in [-0.25, -0.2) is 4.79 Å². The van der Waals surface area contributed by atoms with Gasteiger partial charge in [0.2, 0.25) is 41.4 Å².